The van der Waals surface area contributed by atoms with Crippen molar-refractivity contribution in [3.8, 4) is 5.75 Å². The predicted octanol–water partition coefficient (Wildman–Crippen LogP) is 0.116. The molecule has 0 saturated carbocycles. The van der Waals surface area contributed by atoms with Gasteiger partial charge in [0.25, 0.3) is 0 Å². The van der Waals surface area contributed by atoms with E-state index in [1.807, 2.05) is 0 Å². The van der Waals surface area contributed by atoms with Gasteiger partial charge in [-0.1, -0.05) is 0 Å². The van der Waals surface area contributed by atoms with Gasteiger partial charge in [0.15, 0.2) is 11.6 Å². The lowest BCUT2D eigenvalue weighted by molar-refractivity contribution is 0.144. The van der Waals surface area contributed by atoms with Crippen molar-refractivity contribution in [1.29, 1.82) is 0 Å². The van der Waals surface area contributed by atoms with Crippen LogP contribution < -0.4 is 10.5 Å². The number of carbonyl (C=O) groups is 1. The highest BCUT2D eigenvalue weighted by Crippen LogP contribution is 2.14. The Morgan fingerprint density at radius 3 is 3.00 bits per heavy atom. The summed E-state index contributed by atoms with van der Waals surface area (Å²) in [5.41, 5.74) is 5.23. The number of nitrogen functional groups attached to an aromatic ring is 1. The molecule has 0 aliphatic rings. The number of rotatable bonds is 1. The first-order valence-electron chi connectivity index (χ1n) is 2.66. The Hall–Kier alpha value is -1.85. The zero-order valence-corrected chi connectivity index (χ0v) is 5.39. The molecule has 0 aliphatic carbocycles. The SMILES string of the molecule is Nc1ncncc1OC(=O)O. The Morgan fingerprint density at radius 2 is 2.45 bits per heavy atom. The van der Waals surface area contributed by atoms with E-state index in [0.29, 0.717) is 0 Å². The summed E-state index contributed by atoms with van der Waals surface area (Å²) in [6.45, 7) is 0. The summed E-state index contributed by atoms with van der Waals surface area (Å²) in [4.78, 5) is 17.0. The van der Waals surface area contributed by atoms with Crippen LogP contribution in [0.25, 0.3) is 0 Å². The summed E-state index contributed by atoms with van der Waals surface area (Å²) in [5, 5.41) is 8.16. The van der Waals surface area contributed by atoms with Gasteiger partial charge in [-0.25, -0.2) is 14.8 Å². The first kappa shape index (κ1) is 7.26. The Balaban J connectivity index is 2.86. The van der Waals surface area contributed by atoms with Crippen molar-refractivity contribution in [3.63, 3.8) is 0 Å². The van der Waals surface area contributed by atoms with E-state index in [4.69, 9.17) is 10.8 Å². The molecular weight excluding hydrogens is 150 g/mol. The minimum Gasteiger partial charge on any atom is -0.449 e. The van der Waals surface area contributed by atoms with Gasteiger partial charge in [0.05, 0.1) is 6.20 Å². The number of hydrogen-bond donors (Lipinski definition) is 2. The van der Waals surface area contributed by atoms with Gasteiger partial charge in [-0.15, -0.1) is 0 Å². The highest BCUT2D eigenvalue weighted by Gasteiger charge is 2.04. The molecule has 0 bridgehead atoms. The van der Waals surface area contributed by atoms with E-state index in [2.05, 4.69) is 14.7 Å². The molecule has 3 N–H and O–H groups in total. The van der Waals surface area contributed by atoms with Gasteiger partial charge < -0.3 is 15.6 Å². The maximum atomic E-state index is 9.99. The average molecular weight is 155 g/mol. The van der Waals surface area contributed by atoms with Crippen LogP contribution in [-0.2, 0) is 0 Å². The van der Waals surface area contributed by atoms with Crippen LogP contribution in [0.5, 0.6) is 5.75 Å². The van der Waals surface area contributed by atoms with Crippen molar-refractivity contribution >= 4 is 12.0 Å². The number of hydrogen-bond acceptors (Lipinski definition) is 5. The zero-order chi connectivity index (χ0) is 8.27. The average Bonchev–Trinajstić information content (AvgIpc) is 1.93. The molecule has 11 heavy (non-hydrogen) atoms. The second kappa shape index (κ2) is 2.82. The Kier molecular flexibility index (Phi) is 1.86. The van der Waals surface area contributed by atoms with Crippen LogP contribution in [0.15, 0.2) is 12.5 Å². The van der Waals surface area contributed by atoms with E-state index in [1.165, 1.54) is 12.5 Å². The fraction of sp³-hybridized carbons (Fsp3) is 0. The van der Waals surface area contributed by atoms with E-state index in [1.54, 1.807) is 0 Å². The van der Waals surface area contributed by atoms with E-state index in [0.717, 1.165) is 0 Å². The molecule has 0 aliphatic heterocycles. The molecule has 1 heterocycles. The summed E-state index contributed by atoms with van der Waals surface area (Å²) < 4.78 is 4.21. The molecule has 0 aromatic carbocycles. The van der Waals surface area contributed by atoms with Crippen LogP contribution in [0.4, 0.5) is 10.6 Å². The van der Waals surface area contributed by atoms with E-state index >= 15 is 0 Å². The summed E-state index contributed by atoms with van der Waals surface area (Å²) in [6.07, 6.45) is 0.937. The summed E-state index contributed by atoms with van der Waals surface area (Å²) in [7, 11) is 0. The van der Waals surface area contributed by atoms with Crippen LogP contribution in [-0.4, -0.2) is 21.2 Å². The van der Waals surface area contributed by atoms with Crippen LogP contribution in [0, 0.1) is 0 Å². The highest BCUT2D eigenvalue weighted by atomic mass is 16.7. The Labute approximate surface area is 61.6 Å². The van der Waals surface area contributed by atoms with Gasteiger partial charge in [0.2, 0.25) is 0 Å². The molecule has 1 aromatic rings. The molecule has 0 unspecified atom stereocenters. The maximum Gasteiger partial charge on any atom is 0.511 e. The van der Waals surface area contributed by atoms with Crippen LogP contribution in [0.1, 0.15) is 0 Å². The number of ether oxygens (including phenoxy) is 1. The van der Waals surface area contributed by atoms with Gasteiger partial charge >= 0.3 is 6.16 Å². The van der Waals surface area contributed by atoms with Crippen molar-refractivity contribution in [2.24, 2.45) is 0 Å². The molecule has 0 spiro atoms. The van der Waals surface area contributed by atoms with Gasteiger partial charge in [-0.2, -0.15) is 0 Å². The Morgan fingerprint density at radius 1 is 1.73 bits per heavy atom. The third kappa shape index (κ3) is 1.78. The van der Waals surface area contributed by atoms with Gasteiger partial charge in [0, 0.05) is 0 Å². The topological polar surface area (TPSA) is 98.3 Å². The van der Waals surface area contributed by atoms with E-state index < -0.39 is 6.16 Å². The van der Waals surface area contributed by atoms with Crippen molar-refractivity contribution in [1.82, 2.24) is 9.97 Å². The number of nitrogens with two attached hydrogens (primary N) is 1. The zero-order valence-electron chi connectivity index (χ0n) is 5.39. The molecule has 6 heteroatoms. The first-order valence-corrected chi connectivity index (χ1v) is 2.66. The van der Waals surface area contributed by atoms with Crippen LogP contribution >= 0.6 is 0 Å². The molecule has 0 radical (unpaired) electrons. The third-order valence-electron chi connectivity index (χ3n) is 0.905. The lowest BCUT2D eigenvalue weighted by Crippen LogP contribution is -2.06. The smallest absolute Gasteiger partial charge is 0.449 e. The fourth-order valence-electron chi connectivity index (χ4n) is 0.499. The molecule has 0 atom stereocenters. The first-order chi connectivity index (χ1) is 5.20. The minimum atomic E-state index is -1.44. The van der Waals surface area contributed by atoms with Crippen LogP contribution in [0.2, 0.25) is 0 Å². The maximum absolute atomic E-state index is 9.99. The third-order valence-corrected chi connectivity index (χ3v) is 0.905. The quantitative estimate of drug-likeness (QED) is 0.558. The second-order valence-electron chi connectivity index (χ2n) is 1.64. The van der Waals surface area contributed by atoms with Crippen molar-refractivity contribution in [2.75, 3.05) is 5.73 Å². The monoisotopic (exact) mass is 155 g/mol. The molecule has 58 valence electrons. The molecular formula is C5H5N3O3. The molecule has 6 nitrogen and oxygen atoms in total. The van der Waals surface area contributed by atoms with Crippen LogP contribution in [0.3, 0.4) is 0 Å². The minimum absolute atomic E-state index is 0.00222. The van der Waals surface area contributed by atoms with E-state index in [9.17, 15) is 4.79 Å². The van der Waals surface area contributed by atoms with Crippen molar-refractivity contribution in [2.45, 2.75) is 0 Å². The summed E-state index contributed by atoms with van der Waals surface area (Å²) >= 11 is 0. The van der Waals surface area contributed by atoms with Gasteiger partial charge in [0.1, 0.15) is 6.33 Å². The number of nitrogens with zero attached hydrogens (tertiary/aromatic N) is 2. The van der Waals surface area contributed by atoms with Gasteiger partial charge in [-0.05, 0) is 0 Å². The van der Waals surface area contributed by atoms with Crippen molar-refractivity contribution in [3.05, 3.63) is 12.5 Å². The number of carboxylic acid groups (broad SMARTS) is 1. The lowest BCUT2D eigenvalue weighted by atomic mass is 10.5. The fourth-order valence-corrected chi connectivity index (χ4v) is 0.499. The second-order valence-corrected chi connectivity index (χ2v) is 1.64. The molecule has 0 saturated heterocycles. The number of anilines is 1. The standard InChI is InChI=1S/C5H5N3O3/c6-4-3(11-5(9)10)1-7-2-8-4/h1-2H,(H,9,10)(H2,6,7,8). The van der Waals surface area contributed by atoms with Crippen molar-refractivity contribution < 1.29 is 14.6 Å². The lowest BCUT2D eigenvalue weighted by Gasteiger charge is -1.99. The highest BCUT2D eigenvalue weighted by molar-refractivity contribution is 5.63. The largest absolute Gasteiger partial charge is 0.511 e. The predicted molar refractivity (Wildman–Crippen MR) is 35.1 cm³/mol. The number of aromatic nitrogens is 2. The molecule has 1 aromatic heterocycles. The molecule has 1 rings (SSSR count). The molecule has 0 fully saturated rings. The normalized spacial score (nSPS) is 9.09. The van der Waals surface area contributed by atoms with E-state index in [-0.39, 0.29) is 11.6 Å². The molecule has 0 amide bonds. The summed E-state index contributed by atoms with van der Waals surface area (Å²) in [6, 6.07) is 0. The van der Waals surface area contributed by atoms with Gasteiger partial charge in [-0.3, -0.25) is 0 Å². The Bertz CT molecular complexity index is 275. The summed E-state index contributed by atoms with van der Waals surface area (Å²) in [5.74, 6) is -0.0533.